The number of likely N-dealkylation sites (N-methyl/N-ethyl adjacent to an activating group) is 1. The van der Waals surface area contributed by atoms with Gasteiger partial charge in [0.25, 0.3) is 0 Å². The van der Waals surface area contributed by atoms with E-state index in [0.29, 0.717) is 0 Å². The van der Waals surface area contributed by atoms with Crippen molar-refractivity contribution in [1.82, 2.24) is 15.5 Å². The summed E-state index contributed by atoms with van der Waals surface area (Å²) in [4.78, 5) is 33.8. The first-order chi connectivity index (χ1) is 7.38. The van der Waals surface area contributed by atoms with Crippen LogP contribution in [-0.4, -0.2) is 66.3 Å². The lowest BCUT2D eigenvalue weighted by Gasteiger charge is -2.14. The molecule has 4 N–H and O–H groups in total. The number of nitrogens with one attached hydrogen (secondary N) is 2. The fourth-order valence-corrected chi connectivity index (χ4v) is 0.709. The topological polar surface area (TPSA) is 119 Å². The van der Waals surface area contributed by atoms with Crippen molar-refractivity contribution in [3.63, 3.8) is 0 Å². The molecule has 0 aromatic heterocycles. The molecule has 0 heterocycles. The summed E-state index contributed by atoms with van der Waals surface area (Å²) in [5, 5.41) is 21.3. The Bertz CT molecular complexity index is 279. The number of aliphatic hydroxyl groups is 1. The van der Waals surface area contributed by atoms with Crippen molar-refractivity contribution in [3.05, 3.63) is 0 Å². The van der Waals surface area contributed by atoms with Crippen LogP contribution in [-0.2, 0) is 9.59 Å². The average Bonchev–Trinajstić information content (AvgIpc) is 2.21. The minimum Gasteiger partial charge on any atom is -0.480 e. The smallest absolute Gasteiger partial charge is 0.328 e. The van der Waals surface area contributed by atoms with Crippen molar-refractivity contribution in [2.45, 2.75) is 6.04 Å². The number of carbonyl (C=O) groups excluding carboxylic acids is 2. The van der Waals surface area contributed by atoms with Gasteiger partial charge in [0, 0.05) is 14.1 Å². The summed E-state index contributed by atoms with van der Waals surface area (Å²) in [6.07, 6.45) is 0. The van der Waals surface area contributed by atoms with Crippen LogP contribution in [0, 0.1) is 0 Å². The highest BCUT2D eigenvalue weighted by Gasteiger charge is 2.18. The van der Waals surface area contributed by atoms with E-state index in [9.17, 15) is 14.4 Å². The van der Waals surface area contributed by atoms with Gasteiger partial charge in [-0.25, -0.2) is 9.59 Å². The zero-order valence-corrected chi connectivity index (χ0v) is 9.06. The van der Waals surface area contributed by atoms with Gasteiger partial charge in [0.2, 0.25) is 5.91 Å². The van der Waals surface area contributed by atoms with Gasteiger partial charge in [-0.1, -0.05) is 0 Å². The average molecular weight is 233 g/mol. The summed E-state index contributed by atoms with van der Waals surface area (Å²) in [7, 11) is 3.05. The number of nitrogens with zero attached hydrogens (tertiary/aromatic N) is 1. The standard InChI is InChI=1S/C8H15N3O5/c1-11(2)6(13)3-9-8(16)10-5(4-12)7(14)15/h5,12H,3-4H2,1-2H3,(H,14,15)(H2,9,10,16)/t5-/m1/s1. The largest absolute Gasteiger partial charge is 0.480 e. The zero-order valence-electron chi connectivity index (χ0n) is 9.06. The molecule has 16 heavy (non-hydrogen) atoms. The van der Waals surface area contributed by atoms with E-state index in [1.54, 1.807) is 0 Å². The van der Waals surface area contributed by atoms with Gasteiger partial charge in [-0.15, -0.1) is 0 Å². The van der Waals surface area contributed by atoms with E-state index in [4.69, 9.17) is 10.2 Å². The molecule has 0 radical (unpaired) electrons. The normalized spacial score (nSPS) is 11.4. The third-order valence-corrected chi connectivity index (χ3v) is 1.68. The molecule has 0 aromatic rings. The molecular weight excluding hydrogens is 218 g/mol. The molecule has 8 heteroatoms. The Labute approximate surface area is 92.2 Å². The summed E-state index contributed by atoms with van der Waals surface area (Å²) >= 11 is 0. The predicted molar refractivity (Wildman–Crippen MR) is 53.7 cm³/mol. The Morgan fingerprint density at radius 2 is 1.88 bits per heavy atom. The third-order valence-electron chi connectivity index (χ3n) is 1.68. The highest BCUT2D eigenvalue weighted by molar-refractivity contribution is 5.86. The number of carboxylic acid groups (broad SMARTS) is 1. The van der Waals surface area contributed by atoms with Gasteiger partial charge in [-0.2, -0.15) is 0 Å². The van der Waals surface area contributed by atoms with Crippen LogP contribution in [0.3, 0.4) is 0 Å². The molecule has 0 aliphatic rings. The van der Waals surface area contributed by atoms with Crippen molar-refractivity contribution in [2.24, 2.45) is 0 Å². The van der Waals surface area contributed by atoms with E-state index in [1.165, 1.54) is 19.0 Å². The van der Waals surface area contributed by atoms with Crippen molar-refractivity contribution in [2.75, 3.05) is 27.2 Å². The molecule has 0 spiro atoms. The SMILES string of the molecule is CN(C)C(=O)CNC(=O)N[C@H](CO)C(=O)O. The molecule has 0 rings (SSSR count). The van der Waals surface area contributed by atoms with Crippen LogP contribution < -0.4 is 10.6 Å². The van der Waals surface area contributed by atoms with Crippen molar-refractivity contribution in [1.29, 1.82) is 0 Å². The van der Waals surface area contributed by atoms with E-state index in [2.05, 4.69) is 5.32 Å². The summed E-state index contributed by atoms with van der Waals surface area (Å²) in [5.41, 5.74) is 0. The van der Waals surface area contributed by atoms with Crippen molar-refractivity contribution < 1.29 is 24.6 Å². The monoisotopic (exact) mass is 233 g/mol. The van der Waals surface area contributed by atoms with Crippen molar-refractivity contribution in [3.8, 4) is 0 Å². The number of hydrogen-bond acceptors (Lipinski definition) is 4. The molecule has 0 fully saturated rings. The van der Waals surface area contributed by atoms with Gasteiger partial charge in [-0.3, -0.25) is 4.79 Å². The minimum atomic E-state index is -1.38. The van der Waals surface area contributed by atoms with Crippen LogP contribution in [0.4, 0.5) is 4.79 Å². The summed E-state index contributed by atoms with van der Waals surface area (Å²) in [6, 6.07) is -2.20. The van der Waals surface area contributed by atoms with Gasteiger partial charge in [-0.05, 0) is 0 Å². The minimum absolute atomic E-state index is 0.239. The predicted octanol–water partition coefficient (Wildman–Crippen LogP) is -2.18. The van der Waals surface area contributed by atoms with Gasteiger partial charge < -0.3 is 25.7 Å². The number of amides is 3. The Hall–Kier alpha value is -1.83. The Morgan fingerprint density at radius 1 is 1.31 bits per heavy atom. The molecule has 8 nitrogen and oxygen atoms in total. The molecule has 0 aromatic carbocycles. The number of aliphatic hydroxyl groups excluding tert-OH is 1. The number of urea groups is 1. The van der Waals surface area contributed by atoms with Crippen LogP contribution in [0.5, 0.6) is 0 Å². The van der Waals surface area contributed by atoms with E-state index in [-0.39, 0.29) is 12.5 Å². The Kier molecular flexibility index (Phi) is 5.86. The van der Waals surface area contributed by atoms with Gasteiger partial charge in [0.05, 0.1) is 13.2 Å². The number of carboxylic acids is 1. The molecule has 0 saturated carbocycles. The Morgan fingerprint density at radius 3 is 2.25 bits per heavy atom. The molecule has 0 aliphatic carbocycles. The maximum Gasteiger partial charge on any atom is 0.328 e. The van der Waals surface area contributed by atoms with Gasteiger partial charge in [0.15, 0.2) is 6.04 Å². The molecule has 0 saturated heterocycles. The summed E-state index contributed by atoms with van der Waals surface area (Å²) in [6.45, 7) is -0.957. The number of aliphatic carboxylic acids is 1. The van der Waals surface area contributed by atoms with E-state index in [0.717, 1.165) is 0 Å². The summed E-state index contributed by atoms with van der Waals surface area (Å²) in [5.74, 6) is -1.68. The number of carbonyl (C=O) groups is 3. The second kappa shape index (κ2) is 6.62. The van der Waals surface area contributed by atoms with Crippen LogP contribution in [0.25, 0.3) is 0 Å². The maximum atomic E-state index is 11.1. The second-order valence-electron chi connectivity index (χ2n) is 3.19. The summed E-state index contributed by atoms with van der Waals surface area (Å²) < 4.78 is 0. The van der Waals surface area contributed by atoms with Crippen LogP contribution in [0.15, 0.2) is 0 Å². The molecule has 0 bridgehead atoms. The molecule has 3 amide bonds. The lowest BCUT2D eigenvalue weighted by atomic mass is 10.3. The van der Waals surface area contributed by atoms with E-state index >= 15 is 0 Å². The number of hydrogen-bond donors (Lipinski definition) is 4. The number of rotatable bonds is 5. The fourth-order valence-electron chi connectivity index (χ4n) is 0.709. The fraction of sp³-hybridized carbons (Fsp3) is 0.625. The third kappa shape index (κ3) is 5.15. The quantitative estimate of drug-likeness (QED) is 0.430. The first kappa shape index (κ1) is 14.2. The van der Waals surface area contributed by atoms with Gasteiger partial charge >= 0.3 is 12.0 Å². The Balaban J connectivity index is 3.99. The zero-order chi connectivity index (χ0) is 12.7. The molecule has 0 unspecified atom stereocenters. The van der Waals surface area contributed by atoms with Crippen LogP contribution in [0.1, 0.15) is 0 Å². The maximum absolute atomic E-state index is 11.1. The van der Waals surface area contributed by atoms with Gasteiger partial charge in [0.1, 0.15) is 0 Å². The highest BCUT2D eigenvalue weighted by atomic mass is 16.4. The first-order valence-corrected chi connectivity index (χ1v) is 4.46. The van der Waals surface area contributed by atoms with Crippen LogP contribution >= 0.6 is 0 Å². The molecule has 1 atom stereocenters. The molecule has 0 aliphatic heterocycles. The van der Waals surface area contributed by atoms with E-state index < -0.39 is 24.6 Å². The van der Waals surface area contributed by atoms with Crippen LogP contribution in [0.2, 0.25) is 0 Å². The van der Waals surface area contributed by atoms with E-state index in [1.807, 2.05) is 5.32 Å². The lowest BCUT2D eigenvalue weighted by molar-refractivity contribution is -0.140. The first-order valence-electron chi connectivity index (χ1n) is 4.46. The van der Waals surface area contributed by atoms with Crippen molar-refractivity contribution >= 4 is 17.9 Å². The highest BCUT2D eigenvalue weighted by Crippen LogP contribution is 1.82. The molecular formula is C8H15N3O5. The molecule has 92 valence electrons. The lowest BCUT2D eigenvalue weighted by Crippen LogP contribution is -2.49. The second-order valence-corrected chi connectivity index (χ2v) is 3.19.